The molecule has 182 valence electrons. The molecule has 6 atom stereocenters. The van der Waals surface area contributed by atoms with Gasteiger partial charge in [0, 0.05) is 18.8 Å². The monoisotopic (exact) mass is 466 g/mol. The number of fused-ring (bicyclic) bond motifs is 1. The molecule has 8 bridgehead atoms. The summed E-state index contributed by atoms with van der Waals surface area (Å²) in [4.78, 5) is 38.5. The van der Waals surface area contributed by atoms with Crippen LogP contribution in [0.5, 0.6) is 0 Å². The molecule has 33 heavy (non-hydrogen) atoms. The lowest BCUT2D eigenvalue weighted by Crippen LogP contribution is -2.62. The van der Waals surface area contributed by atoms with E-state index in [1.807, 2.05) is 0 Å². The van der Waals surface area contributed by atoms with Crippen LogP contribution in [0.4, 0.5) is 8.78 Å². The van der Waals surface area contributed by atoms with E-state index >= 15 is 0 Å². The second-order valence-electron chi connectivity index (χ2n) is 11.7. The molecular weight excluding hydrogens is 434 g/mol. The third-order valence-corrected chi connectivity index (χ3v) is 10.1. The van der Waals surface area contributed by atoms with E-state index in [9.17, 15) is 23.2 Å². The third kappa shape index (κ3) is 3.04. The van der Waals surface area contributed by atoms with Crippen molar-refractivity contribution in [3.05, 3.63) is 0 Å². The predicted octanol–water partition coefficient (Wildman–Crippen LogP) is 3.90. The summed E-state index contributed by atoms with van der Waals surface area (Å²) in [5.74, 6) is -6.36. The predicted molar refractivity (Wildman–Crippen MR) is 110 cm³/mol. The van der Waals surface area contributed by atoms with Crippen molar-refractivity contribution in [2.75, 3.05) is 0 Å². The molecule has 8 fully saturated rings. The second kappa shape index (κ2) is 7.14. The Kier molecular flexibility index (Phi) is 4.71. The van der Waals surface area contributed by atoms with Crippen LogP contribution in [0, 0.1) is 47.3 Å². The van der Waals surface area contributed by atoms with Crippen molar-refractivity contribution in [1.82, 2.24) is 0 Å². The molecule has 6 unspecified atom stereocenters. The van der Waals surface area contributed by atoms with Crippen molar-refractivity contribution in [2.45, 2.75) is 88.9 Å². The number of hydrogen-bond donors (Lipinski definition) is 0. The van der Waals surface area contributed by atoms with E-state index in [0.717, 1.165) is 43.9 Å². The molecule has 1 aliphatic heterocycles. The number of rotatable bonds is 5. The first-order valence-corrected chi connectivity index (χ1v) is 12.6. The largest absolute Gasteiger partial charge is 0.458 e. The zero-order valence-electron chi connectivity index (χ0n) is 19.1. The van der Waals surface area contributed by atoms with E-state index in [1.54, 1.807) is 0 Å². The smallest absolute Gasteiger partial charge is 0.377 e. The SMILES string of the molecule is CCC1(OC(=O)C2C3CCC4C(OC(=O)C42)C3OC(=O)C(C)(F)F)C2CC3CC(C2)CC1C3. The van der Waals surface area contributed by atoms with Crippen molar-refractivity contribution in [3.8, 4) is 0 Å². The Labute approximate surface area is 192 Å². The summed E-state index contributed by atoms with van der Waals surface area (Å²) in [6.45, 7) is 2.57. The molecule has 6 nitrogen and oxygen atoms in total. The van der Waals surface area contributed by atoms with Gasteiger partial charge < -0.3 is 14.2 Å². The molecule has 0 spiro atoms. The fourth-order valence-corrected chi connectivity index (χ4v) is 8.95. The molecule has 8 rings (SSSR count). The minimum absolute atomic E-state index is 0.306. The molecule has 8 aliphatic rings. The normalized spacial score (nSPS) is 49.2. The van der Waals surface area contributed by atoms with Gasteiger partial charge in [-0.1, -0.05) is 6.92 Å². The number of alkyl halides is 2. The fourth-order valence-electron chi connectivity index (χ4n) is 8.95. The average molecular weight is 467 g/mol. The highest BCUT2D eigenvalue weighted by Crippen LogP contribution is 2.62. The van der Waals surface area contributed by atoms with Crippen LogP contribution in [0.15, 0.2) is 0 Å². The standard InChI is InChI=1S/C25H32F2O6/c1-3-25(13-7-11-6-12(9-13)10-14(25)8-11)33-22(29)18-16-5-4-15-17(18)21(28)31-19(15)20(16)32-23(30)24(2,26)27/h11-20H,3-10H2,1-2H3. The van der Waals surface area contributed by atoms with Gasteiger partial charge in [-0.3, -0.25) is 9.59 Å². The Morgan fingerprint density at radius 1 is 1.06 bits per heavy atom. The summed E-state index contributed by atoms with van der Waals surface area (Å²) in [6.07, 6.45) is 5.78. The zero-order valence-corrected chi connectivity index (χ0v) is 19.1. The Balaban J connectivity index is 1.28. The Hall–Kier alpha value is -1.73. The van der Waals surface area contributed by atoms with Gasteiger partial charge in [0.25, 0.3) is 0 Å². The summed E-state index contributed by atoms with van der Waals surface area (Å²) in [6, 6.07) is 0. The number of carbonyl (C=O) groups excluding carboxylic acids is 3. The molecule has 7 saturated carbocycles. The Bertz CT molecular complexity index is 853. The van der Waals surface area contributed by atoms with Gasteiger partial charge in [-0.05, 0) is 75.0 Å². The quantitative estimate of drug-likeness (QED) is 0.452. The molecule has 8 heteroatoms. The van der Waals surface area contributed by atoms with E-state index in [2.05, 4.69) is 6.92 Å². The third-order valence-electron chi connectivity index (χ3n) is 10.1. The molecule has 0 amide bonds. The molecule has 0 aromatic rings. The number of ether oxygens (including phenoxy) is 3. The van der Waals surface area contributed by atoms with Crippen LogP contribution in [-0.4, -0.2) is 41.6 Å². The van der Waals surface area contributed by atoms with Crippen LogP contribution in [-0.2, 0) is 28.6 Å². The Morgan fingerprint density at radius 2 is 1.67 bits per heavy atom. The lowest BCUT2D eigenvalue weighted by Gasteiger charge is -2.60. The highest BCUT2D eigenvalue weighted by Gasteiger charge is 2.68. The van der Waals surface area contributed by atoms with E-state index in [0.29, 0.717) is 31.6 Å². The van der Waals surface area contributed by atoms with Gasteiger partial charge in [0.1, 0.15) is 17.8 Å². The first-order valence-electron chi connectivity index (χ1n) is 12.6. The molecule has 7 aliphatic carbocycles. The minimum atomic E-state index is -3.65. The lowest BCUT2D eigenvalue weighted by atomic mass is 9.49. The summed E-state index contributed by atoms with van der Waals surface area (Å²) in [5.41, 5.74) is -0.508. The number of esters is 3. The summed E-state index contributed by atoms with van der Waals surface area (Å²) < 4.78 is 44.3. The van der Waals surface area contributed by atoms with Gasteiger partial charge in [0.2, 0.25) is 0 Å². The van der Waals surface area contributed by atoms with Gasteiger partial charge >= 0.3 is 23.8 Å². The van der Waals surface area contributed by atoms with Gasteiger partial charge in [-0.2, -0.15) is 8.78 Å². The van der Waals surface area contributed by atoms with Crippen LogP contribution in [0.25, 0.3) is 0 Å². The van der Waals surface area contributed by atoms with Crippen LogP contribution in [0.1, 0.15) is 65.2 Å². The van der Waals surface area contributed by atoms with E-state index < -0.39 is 59.4 Å². The van der Waals surface area contributed by atoms with Gasteiger partial charge in [0.15, 0.2) is 0 Å². The summed E-state index contributed by atoms with van der Waals surface area (Å²) >= 11 is 0. The summed E-state index contributed by atoms with van der Waals surface area (Å²) in [5, 5.41) is 0. The van der Waals surface area contributed by atoms with Gasteiger partial charge in [0.05, 0.1) is 11.8 Å². The van der Waals surface area contributed by atoms with Crippen LogP contribution in [0.3, 0.4) is 0 Å². The van der Waals surface area contributed by atoms with Crippen LogP contribution < -0.4 is 0 Å². The maximum Gasteiger partial charge on any atom is 0.377 e. The average Bonchev–Trinajstić information content (AvgIpc) is 3.05. The molecule has 1 heterocycles. The molecule has 1 saturated heterocycles. The number of halogens is 2. The highest BCUT2D eigenvalue weighted by molar-refractivity contribution is 5.86. The molecular formula is C25H32F2O6. The van der Waals surface area contributed by atoms with Crippen molar-refractivity contribution < 1.29 is 37.4 Å². The van der Waals surface area contributed by atoms with Crippen molar-refractivity contribution in [2.24, 2.45) is 47.3 Å². The lowest BCUT2D eigenvalue weighted by molar-refractivity contribution is -0.226. The number of carbonyl (C=O) groups is 3. The van der Waals surface area contributed by atoms with E-state index in [4.69, 9.17) is 14.2 Å². The van der Waals surface area contributed by atoms with E-state index in [-0.39, 0.29) is 5.92 Å². The maximum absolute atomic E-state index is 13.8. The van der Waals surface area contributed by atoms with Crippen LogP contribution in [0.2, 0.25) is 0 Å². The maximum atomic E-state index is 13.8. The van der Waals surface area contributed by atoms with Crippen molar-refractivity contribution >= 4 is 17.9 Å². The van der Waals surface area contributed by atoms with Crippen LogP contribution >= 0.6 is 0 Å². The highest BCUT2D eigenvalue weighted by atomic mass is 19.3. The zero-order chi connectivity index (χ0) is 23.3. The molecule has 0 radical (unpaired) electrons. The topological polar surface area (TPSA) is 78.9 Å². The fraction of sp³-hybridized carbons (Fsp3) is 0.880. The number of hydrogen-bond acceptors (Lipinski definition) is 6. The molecule has 0 aromatic carbocycles. The summed E-state index contributed by atoms with van der Waals surface area (Å²) in [7, 11) is 0. The van der Waals surface area contributed by atoms with Gasteiger partial charge in [-0.25, -0.2) is 4.79 Å². The molecule has 0 N–H and O–H groups in total. The molecule has 0 aromatic heterocycles. The first-order chi connectivity index (χ1) is 15.6. The van der Waals surface area contributed by atoms with Crippen molar-refractivity contribution in [1.29, 1.82) is 0 Å². The van der Waals surface area contributed by atoms with E-state index in [1.165, 1.54) is 6.42 Å². The Morgan fingerprint density at radius 3 is 2.24 bits per heavy atom. The minimum Gasteiger partial charge on any atom is -0.458 e. The van der Waals surface area contributed by atoms with Gasteiger partial charge in [-0.15, -0.1) is 0 Å². The van der Waals surface area contributed by atoms with Crippen molar-refractivity contribution in [3.63, 3.8) is 0 Å². The first kappa shape index (κ1) is 21.8. The second-order valence-corrected chi connectivity index (χ2v) is 11.7.